The summed E-state index contributed by atoms with van der Waals surface area (Å²) in [5.74, 6) is -0.0892. The highest BCUT2D eigenvalue weighted by molar-refractivity contribution is 7.10. The van der Waals surface area contributed by atoms with Crippen molar-refractivity contribution in [2.75, 3.05) is 19.6 Å². The van der Waals surface area contributed by atoms with Crippen LogP contribution in [0.25, 0.3) is 5.57 Å². The zero-order chi connectivity index (χ0) is 20.9. The lowest BCUT2D eigenvalue weighted by molar-refractivity contribution is -0.122. The van der Waals surface area contributed by atoms with E-state index in [1.165, 1.54) is 17.7 Å². The van der Waals surface area contributed by atoms with E-state index < -0.39 is 0 Å². The first-order chi connectivity index (χ1) is 14.6. The Bertz CT molecular complexity index is 1010. The zero-order valence-corrected chi connectivity index (χ0v) is 17.2. The fourth-order valence-electron chi connectivity index (χ4n) is 3.63. The molecule has 6 heteroatoms. The van der Waals surface area contributed by atoms with Crippen LogP contribution in [0.15, 0.2) is 72.1 Å². The largest absolute Gasteiger partial charge is 0.508 e. The van der Waals surface area contributed by atoms with Crippen LogP contribution in [0, 0.1) is 5.82 Å². The number of amides is 1. The van der Waals surface area contributed by atoms with E-state index >= 15 is 0 Å². The number of halogens is 1. The Balaban J connectivity index is 1.39. The Labute approximate surface area is 179 Å². The number of thiophene rings is 1. The van der Waals surface area contributed by atoms with Gasteiger partial charge in [-0.25, -0.2) is 4.39 Å². The van der Waals surface area contributed by atoms with Gasteiger partial charge in [0.05, 0.1) is 12.6 Å². The summed E-state index contributed by atoms with van der Waals surface area (Å²) in [7, 11) is 0. The third kappa shape index (κ3) is 4.96. The summed E-state index contributed by atoms with van der Waals surface area (Å²) in [6.45, 7) is 1.80. The Hall–Kier alpha value is -2.96. The second kappa shape index (κ2) is 9.24. The molecule has 3 aromatic rings. The van der Waals surface area contributed by atoms with Crippen LogP contribution in [-0.4, -0.2) is 35.5 Å². The maximum atomic E-state index is 13.3. The first kappa shape index (κ1) is 20.3. The van der Waals surface area contributed by atoms with Crippen LogP contribution < -0.4 is 5.32 Å². The molecule has 0 saturated heterocycles. The lowest BCUT2D eigenvalue weighted by Gasteiger charge is -2.27. The van der Waals surface area contributed by atoms with E-state index in [1.54, 1.807) is 35.6 Å². The number of carbonyl (C=O) groups excluding carboxylic acids is 1. The Kier molecular flexibility index (Phi) is 6.26. The molecule has 2 N–H and O–H groups in total. The minimum absolute atomic E-state index is 0.0563. The molecule has 0 radical (unpaired) electrons. The summed E-state index contributed by atoms with van der Waals surface area (Å²) in [6, 6.07) is 17.1. The molecule has 0 spiro atoms. The molecular formula is C24H23FN2O2S. The molecule has 0 saturated carbocycles. The number of hydrogen-bond donors (Lipinski definition) is 2. The summed E-state index contributed by atoms with van der Waals surface area (Å²) in [6.07, 6.45) is 2.99. The van der Waals surface area contributed by atoms with E-state index in [-0.39, 0.29) is 23.5 Å². The number of carbonyl (C=O) groups is 1. The highest BCUT2D eigenvalue weighted by Crippen LogP contribution is 2.27. The molecule has 1 unspecified atom stereocenters. The van der Waals surface area contributed by atoms with Gasteiger partial charge in [0.25, 0.3) is 0 Å². The van der Waals surface area contributed by atoms with Gasteiger partial charge in [-0.2, -0.15) is 0 Å². The topological polar surface area (TPSA) is 52.6 Å². The van der Waals surface area contributed by atoms with Crippen LogP contribution in [0.2, 0.25) is 0 Å². The number of nitrogens with one attached hydrogen (secondary N) is 1. The molecule has 4 rings (SSSR count). The van der Waals surface area contributed by atoms with Crippen molar-refractivity contribution in [1.82, 2.24) is 10.2 Å². The summed E-state index contributed by atoms with van der Waals surface area (Å²) < 4.78 is 13.3. The van der Waals surface area contributed by atoms with Gasteiger partial charge in [0, 0.05) is 18.0 Å². The number of rotatable bonds is 6. The Morgan fingerprint density at radius 2 is 1.90 bits per heavy atom. The van der Waals surface area contributed by atoms with Crippen molar-refractivity contribution in [1.29, 1.82) is 0 Å². The van der Waals surface area contributed by atoms with Crippen molar-refractivity contribution in [3.63, 3.8) is 0 Å². The maximum Gasteiger partial charge on any atom is 0.234 e. The first-order valence-corrected chi connectivity index (χ1v) is 10.8. The summed E-state index contributed by atoms with van der Waals surface area (Å²) >= 11 is 1.57. The van der Waals surface area contributed by atoms with E-state index in [2.05, 4.69) is 16.3 Å². The summed E-state index contributed by atoms with van der Waals surface area (Å²) in [5, 5.41) is 14.5. The van der Waals surface area contributed by atoms with Gasteiger partial charge in [-0.1, -0.05) is 36.4 Å². The summed E-state index contributed by atoms with van der Waals surface area (Å²) in [5.41, 5.74) is 3.20. The van der Waals surface area contributed by atoms with Crippen molar-refractivity contribution in [3.8, 4) is 5.75 Å². The second-order valence-corrected chi connectivity index (χ2v) is 8.31. The van der Waals surface area contributed by atoms with Crippen molar-refractivity contribution >= 4 is 22.8 Å². The van der Waals surface area contributed by atoms with Crippen molar-refractivity contribution < 1.29 is 14.3 Å². The van der Waals surface area contributed by atoms with Gasteiger partial charge in [-0.15, -0.1) is 11.3 Å². The van der Waals surface area contributed by atoms with Gasteiger partial charge in [0.2, 0.25) is 5.91 Å². The molecule has 1 amide bonds. The lowest BCUT2D eigenvalue weighted by atomic mass is 9.99. The third-order valence-electron chi connectivity index (χ3n) is 5.23. The third-order valence-corrected chi connectivity index (χ3v) is 6.17. The zero-order valence-electron chi connectivity index (χ0n) is 16.4. The first-order valence-electron chi connectivity index (χ1n) is 9.87. The van der Waals surface area contributed by atoms with Crippen LogP contribution in [0.5, 0.6) is 5.75 Å². The number of phenolic OH excluding ortho intramolecular Hbond substituents is 1. The molecule has 1 aliphatic rings. The Morgan fingerprint density at radius 3 is 2.53 bits per heavy atom. The Morgan fingerprint density at radius 1 is 1.13 bits per heavy atom. The second-order valence-electron chi connectivity index (χ2n) is 7.33. The molecule has 2 heterocycles. The quantitative estimate of drug-likeness (QED) is 0.611. The standard InChI is InChI=1S/C24H23FN2O2S/c25-20-7-3-19(4-8-20)24(22-2-1-15-30-22)26-23(29)16-27-13-11-18(12-14-27)17-5-9-21(28)10-6-17/h1-11,15,24,28H,12-14,16H2,(H,26,29). The van der Waals surface area contributed by atoms with E-state index in [0.717, 1.165) is 29.0 Å². The SMILES string of the molecule is O=C(CN1CC=C(c2ccc(O)cc2)CC1)NC(c1ccc(F)cc1)c1cccs1. The predicted octanol–water partition coefficient (Wildman–Crippen LogP) is 4.59. The van der Waals surface area contributed by atoms with Crippen molar-refractivity contribution in [2.24, 2.45) is 0 Å². The van der Waals surface area contributed by atoms with Gasteiger partial charge in [-0.05, 0) is 58.8 Å². The molecular weight excluding hydrogens is 399 g/mol. The highest BCUT2D eigenvalue weighted by Gasteiger charge is 2.21. The molecule has 154 valence electrons. The minimum Gasteiger partial charge on any atom is -0.508 e. The molecule has 1 aromatic heterocycles. The fraction of sp³-hybridized carbons (Fsp3) is 0.208. The molecule has 0 fully saturated rings. The van der Waals surface area contributed by atoms with Crippen LogP contribution in [0.4, 0.5) is 4.39 Å². The van der Waals surface area contributed by atoms with E-state index in [0.29, 0.717) is 13.1 Å². The van der Waals surface area contributed by atoms with Crippen LogP contribution in [-0.2, 0) is 4.79 Å². The molecule has 2 aromatic carbocycles. The van der Waals surface area contributed by atoms with E-state index in [4.69, 9.17) is 0 Å². The molecule has 0 aliphatic carbocycles. The smallest absolute Gasteiger partial charge is 0.234 e. The van der Waals surface area contributed by atoms with Crippen LogP contribution >= 0.6 is 11.3 Å². The number of nitrogens with zero attached hydrogens (tertiary/aromatic N) is 1. The summed E-state index contributed by atoms with van der Waals surface area (Å²) in [4.78, 5) is 15.9. The number of phenols is 1. The van der Waals surface area contributed by atoms with Gasteiger partial charge in [0.15, 0.2) is 0 Å². The average molecular weight is 423 g/mol. The van der Waals surface area contributed by atoms with Gasteiger partial charge < -0.3 is 10.4 Å². The van der Waals surface area contributed by atoms with Gasteiger partial charge in [-0.3, -0.25) is 9.69 Å². The van der Waals surface area contributed by atoms with Crippen molar-refractivity contribution in [3.05, 3.63) is 93.9 Å². The molecule has 30 heavy (non-hydrogen) atoms. The number of hydrogen-bond acceptors (Lipinski definition) is 4. The van der Waals surface area contributed by atoms with Gasteiger partial charge in [0.1, 0.15) is 11.6 Å². The van der Waals surface area contributed by atoms with Crippen molar-refractivity contribution in [2.45, 2.75) is 12.5 Å². The number of aromatic hydroxyl groups is 1. The van der Waals surface area contributed by atoms with Gasteiger partial charge >= 0.3 is 0 Å². The predicted molar refractivity (Wildman–Crippen MR) is 118 cm³/mol. The average Bonchev–Trinajstić information content (AvgIpc) is 3.29. The number of benzene rings is 2. The maximum absolute atomic E-state index is 13.3. The van der Waals surface area contributed by atoms with E-state index in [1.807, 2.05) is 29.6 Å². The van der Waals surface area contributed by atoms with Crippen LogP contribution in [0.3, 0.4) is 0 Å². The normalized spacial score (nSPS) is 15.4. The highest BCUT2D eigenvalue weighted by atomic mass is 32.1. The molecule has 4 nitrogen and oxygen atoms in total. The molecule has 1 atom stereocenters. The fourth-order valence-corrected chi connectivity index (χ4v) is 4.43. The van der Waals surface area contributed by atoms with Crippen LogP contribution in [0.1, 0.15) is 28.5 Å². The molecule has 1 aliphatic heterocycles. The monoisotopic (exact) mass is 422 g/mol. The van der Waals surface area contributed by atoms with E-state index in [9.17, 15) is 14.3 Å². The molecule has 0 bridgehead atoms. The minimum atomic E-state index is -0.292. The lowest BCUT2D eigenvalue weighted by Crippen LogP contribution is -2.40.